The van der Waals surface area contributed by atoms with Crippen LogP contribution in [0.25, 0.3) is 5.57 Å². The van der Waals surface area contributed by atoms with Crippen molar-refractivity contribution in [3.8, 4) is 11.5 Å². The summed E-state index contributed by atoms with van der Waals surface area (Å²) in [6.07, 6.45) is 1.62. The molecule has 0 bridgehead atoms. The molecule has 38 heavy (non-hydrogen) atoms. The van der Waals surface area contributed by atoms with E-state index in [2.05, 4.69) is 16.0 Å². The molecule has 0 unspecified atom stereocenters. The Labute approximate surface area is 222 Å². The number of amides is 2. The molecule has 0 atom stereocenters. The summed E-state index contributed by atoms with van der Waals surface area (Å²) in [5.41, 5.74) is 3.56. The van der Waals surface area contributed by atoms with Crippen LogP contribution in [0, 0.1) is 0 Å². The molecule has 1 saturated heterocycles. The van der Waals surface area contributed by atoms with E-state index in [0.717, 1.165) is 10.6 Å². The molecule has 3 N–H and O–H groups in total. The highest BCUT2D eigenvalue weighted by Gasteiger charge is 2.30. The van der Waals surface area contributed by atoms with E-state index in [9.17, 15) is 18.0 Å². The molecule has 2 amide bonds. The van der Waals surface area contributed by atoms with Crippen LogP contribution in [0.5, 0.6) is 11.5 Å². The van der Waals surface area contributed by atoms with Gasteiger partial charge in [0.15, 0.2) is 11.5 Å². The maximum atomic E-state index is 12.9. The van der Waals surface area contributed by atoms with Crippen LogP contribution in [0.15, 0.2) is 42.1 Å². The zero-order valence-corrected chi connectivity index (χ0v) is 22.8. The molecule has 204 valence electrons. The number of nitrogens with zero attached hydrogens (tertiary/aromatic N) is 2. The number of benzene rings is 2. The van der Waals surface area contributed by atoms with E-state index < -0.39 is 10.0 Å². The van der Waals surface area contributed by atoms with Gasteiger partial charge in [-0.3, -0.25) is 13.9 Å². The number of hydrogen-bond acceptors (Lipinski definition) is 8. The van der Waals surface area contributed by atoms with Crippen LogP contribution in [-0.2, 0) is 19.6 Å². The number of anilines is 3. The molecule has 0 spiro atoms. The number of fused-ring (bicyclic) bond motifs is 1. The van der Waals surface area contributed by atoms with Crippen LogP contribution in [0.1, 0.15) is 18.9 Å². The zero-order valence-electron chi connectivity index (χ0n) is 22.0. The van der Waals surface area contributed by atoms with Crippen molar-refractivity contribution in [2.24, 2.45) is 0 Å². The number of sulfonamides is 1. The first kappa shape index (κ1) is 27.3. The predicted octanol–water partition coefficient (Wildman–Crippen LogP) is 2.09. The summed E-state index contributed by atoms with van der Waals surface area (Å²) in [4.78, 5) is 27.3. The van der Waals surface area contributed by atoms with Crippen LogP contribution >= 0.6 is 0 Å². The summed E-state index contributed by atoms with van der Waals surface area (Å²) in [7, 11) is -0.622. The van der Waals surface area contributed by atoms with E-state index in [1.165, 1.54) is 14.2 Å². The lowest BCUT2D eigenvalue weighted by molar-refractivity contribution is -0.130. The minimum Gasteiger partial charge on any atom is -0.493 e. The van der Waals surface area contributed by atoms with Crippen molar-refractivity contribution in [1.29, 1.82) is 0 Å². The van der Waals surface area contributed by atoms with Gasteiger partial charge in [-0.05, 0) is 36.8 Å². The summed E-state index contributed by atoms with van der Waals surface area (Å²) in [6, 6.07) is 10.2. The van der Waals surface area contributed by atoms with Gasteiger partial charge < -0.3 is 30.3 Å². The van der Waals surface area contributed by atoms with Crippen LogP contribution in [0.2, 0.25) is 0 Å². The zero-order chi connectivity index (χ0) is 27.4. The Morgan fingerprint density at radius 3 is 2.29 bits per heavy atom. The Hall–Kier alpha value is -3.77. The van der Waals surface area contributed by atoms with E-state index >= 15 is 0 Å². The predicted molar refractivity (Wildman–Crippen MR) is 147 cm³/mol. The Balaban J connectivity index is 1.59. The summed E-state index contributed by atoms with van der Waals surface area (Å²) >= 11 is 0. The molecule has 0 aliphatic carbocycles. The van der Waals surface area contributed by atoms with E-state index in [0.29, 0.717) is 78.0 Å². The monoisotopic (exact) mass is 543 g/mol. The molecule has 0 aromatic heterocycles. The van der Waals surface area contributed by atoms with Crippen molar-refractivity contribution in [1.82, 2.24) is 10.2 Å². The third kappa shape index (κ3) is 5.70. The first-order valence-electron chi connectivity index (χ1n) is 12.3. The lowest BCUT2D eigenvalue weighted by atomic mass is 10.0. The molecule has 2 aliphatic rings. The SMILES string of the molecule is CC/C(Nc1ccc(N(CC(=O)N2CCNCC2)S(C)(=O)=O)cc1)=C1/C(=O)Nc2cc(OC)c(OC)cc21. The molecular formula is C26H33N5O6S. The third-order valence-electron chi connectivity index (χ3n) is 6.52. The van der Waals surface area contributed by atoms with Gasteiger partial charge in [0.25, 0.3) is 5.91 Å². The van der Waals surface area contributed by atoms with Crippen LogP contribution in [-0.4, -0.2) is 78.3 Å². The van der Waals surface area contributed by atoms with Gasteiger partial charge in [-0.1, -0.05) is 6.92 Å². The number of ether oxygens (including phenoxy) is 2. The highest BCUT2D eigenvalue weighted by Crippen LogP contribution is 2.42. The summed E-state index contributed by atoms with van der Waals surface area (Å²) in [6.45, 7) is 4.12. The molecule has 1 fully saturated rings. The summed E-state index contributed by atoms with van der Waals surface area (Å²) < 4.78 is 37.0. The number of hydrogen-bond donors (Lipinski definition) is 3. The minimum absolute atomic E-state index is 0.241. The van der Waals surface area contributed by atoms with Gasteiger partial charge in [-0.15, -0.1) is 0 Å². The number of allylic oxidation sites excluding steroid dienone is 1. The molecule has 0 saturated carbocycles. The molecule has 2 aromatic carbocycles. The molecule has 2 heterocycles. The van der Waals surface area contributed by atoms with Gasteiger partial charge in [0, 0.05) is 49.2 Å². The fraction of sp³-hybridized carbons (Fsp3) is 0.385. The van der Waals surface area contributed by atoms with Crippen LogP contribution in [0.3, 0.4) is 0 Å². The van der Waals surface area contributed by atoms with Crippen molar-refractivity contribution in [3.63, 3.8) is 0 Å². The van der Waals surface area contributed by atoms with Crippen molar-refractivity contribution >= 4 is 44.5 Å². The topological polar surface area (TPSA) is 129 Å². The Morgan fingerprint density at radius 2 is 1.71 bits per heavy atom. The number of carbonyl (C=O) groups excluding carboxylic acids is 2. The normalized spacial score (nSPS) is 16.4. The minimum atomic E-state index is -3.69. The fourth-order valence-electron chi connectivity index (χ4n) is 4.55. The lowest BCUT2D eigenvalue weighted by Crippen LogP contribution is -2.50. The third-order valence-corrected chi connectivity index (χ3v) is 7.66. The Morgan fingerprint density at radius 1 is 1.08 bits per heavy atom. The smallest absolute Gasteiger partial charge is 0.258 e. The first-order chi connectivity index (χ1) is 18.2. The molecular weight excluding hydrogens is 510 g/mol. The lowest BCUT2D eigenvalue weighted by Gasteiger charge is -2.30. The van der Waals surface area contributed by atoms with Crippen molar-refractivity contribution < 1.29 is 27.5 Å². The molecule has 2 aromatic rings. The van der Waals surface area contributed by atoms with Gasteiger partial charge in [0.05, 0.1) is 37.4 Å². The maximum absolute atomic E-state index is 12.9. The molecule has 11 nitrogen and oxygen atoms in total. The van der Waals surface area contributed by atoms with E-state index in [1.807, 2.05) is 6.92 Å². The van der Waals surface area contributed by atoms with Crippen LogP contribution in [0.4, 0.5) is 17.1 Å². The van der Waals surface area contributed by atoms with E-state index in [1.54, 1.807) is 41.3 Å². The second kappa shape index (κ2) is 11.3. The largest absolute Gasteiger partial charge is 0.493 e. The Bertz CT molecular complexity index is 1350. The average molecular weight is 544 g/mol. The Kier molecular flexibility index (Phi) is 8.12. The second-order valence-electron chi connectivity index (χ2n) is 8.99. The van der Waals surface area contributed by atoms with Crippen molar-refractivity contribution in [3.05, 3.63) is 47.7 Å². The fourth-order valence-corrected chi connectivity index (χ4v) is 5.40. The number of rotatable bonds is 9. The number of piperazine rings is 1. The standard InChI is InChI=1S/C26H33N5O6S/c1-5-20(25-19-14-22(36-2)23(37-3)15-21(19)29-26(25)33)28-17-6-8-18(9-7-17)31(38(4,34)35)16-24(32)30-12-10-27-11-13-30/h6-9,14-15,27-28H,5,10-13,16H2,1-4H3,(H,29,33)/b25-20-. The van der Waals surface area contributed by atoms with Crippen LogP contribution < -0.4 is 29.7 Å². The van der Waals surface area contributed by atoms with Crippen molar-refractivity contribution in [2.75, 3.05) is 68.1 Å². The first-order valence-corrected chi connectivity index (χ1v) is 14.1. The highest BCUT2D eigenvalue weighted by atomic mass is 32.2. The molecule has 0 radical (unpaired) electrons. The van der Waals surface area contributed by atoms with Gasteiger partial charge >= 0.3 is 0 Å². The average Bonchev–Trinajstić information content (AvgIpc) is 3.24. The summed E-state index contributed by atoms with van der Waals surface area (Å²) in [5.74, 6) is 0.539. The van der Waals surface area contributed by atoms with Crippen molar-refractivity contribution in [2.45, 2.75) is 13.3 Å². The molecule has 4 rings (SSSR count). The van der Waals surface area contributed by atoms with Gasteiger partial charge in [-0.25, -0.2) is 8.42 Å². The van der Waals surface area contributed by atoms with Gasteiger partial charge in [0.2, 0.25) is 15.9 Å². The molecule has 12 heteroatoms. The highest BCUT2D eigenvalue weighted by molar-refractivity contribution is 7.92. The second-order valence-corrected chi connectivity index (χ2v) is 10.9. The molecule has 2 aliphatic heterocycles. The van der Waals surface area contributed by atoms with E-state index in [-0.39, 0.29) is 18.4 Å². The number of nitrogens with one attached hydrogen (secondary N) is 3. The quantitative estimate of drug-likeness (QED) is 0.410. The number of carbonyl (C=O) groups is 2. The van der Waals surface area contributed by atoms with E-state index in [4.69, 9.17) is 9.47 Å². The number of methoxy groups -OCH3 is 2. The summed E-state index contributed by atoms with van der Waals surface area (Å²) in [5, 5.41) is 9.35. The van der Waals surface area contributed by atoms with Gasteiger partial charge in [-0.2, -0.15) is 0 Å². The van der Waals surface area contributed by atoms with Gasteiger partial charge in [0.1, 0.15) is 6.54 Å². The maximum Gasteiger partial charge on any atom is 0.258 e.